The Morgan fingerprint density at radius 3 is 2.30 bits per heavy atom. The van der Waals surface area contributed by atoms with E-state index < -0.39 is 0 Å². The third-order valence-corrected chi connectivity index (χ3v) is 4.52. The van der Waals surface area contributed by atoms with Gasteiger partial charge < -0.3 is 19.7 Å². The second kappa shape index (κ2) is 10.9. The summed E-state index contributed by atoms with van der Waals surface area (Å²) in [6, 6.07) is 25.2. The molecule has 0 fully saturated rings. The van der Waals surface area contributed by atoms with Gasteiger partial charge in [0.05, 0.1) is 23.9 Å². The SMILES string of the molecule is CN(C)CCCOc1ccc(CNc2ccccc2Oc2ccc(C#N)cc2)cc1. The summed E-state index contributed by atoms with van der Waals surface area (Å²) in [5.74, 6) is 2.32. The van der Waals surface area contributed by atoms with E-state index in [2.05, 4.69) is 42.5 Å². The molecule has 0 bridgehead atoms. The Hall–Kier alpha value is -3.49. The highest BCUT2D eigenvalue weighted by Crippen LogP contribution is 2.29. The number of anilines is 1. The molecule has 0 heterocycles. The highest BCUT2D eigenvalue weighted by Gasteiger charge is 2.05. The summed E-state index contributed by atoms with van der Waals surface area (Å²) in [7, 11) is 4.13. The van der Waals surface area contributed by atoms with Crippen LogP contribution in [-0.4, -0.2) is 32.1 Å². The number of ether oxygens (including phenoxy) is 2. The molecule has 5 heteroatoms. The fourth-order valence-electron chi connectivity index (χ4n) is 2.90. The molecule has 0 atom stereocenters. The van der Waals surface area contributed by atoms with Crippen molar-refractivity contribution in [3.63, 3.8) is 0 Å². The minimum Gasteiger partial charge on any atom is -0.494 e. The molecule has 3 aromatic carbocycles. The van der Waals surface area contributed by atoms with Crippen molar-refractivity contribution in [3.8, 4) is 23.3 Å². The zero-order chi connectivity index (χ0) is 21.2. The van der Waals surface area contributed by atoms with Crippen LogP contribution in [0.15, 0.2) is 72.8 Å². The van der Waals surface area contributed by atoms with E-state index in [9.17, 15) is 0 Å². The van der Waals surface area contributed by atoms with Crippen molar-refractivity contribution in [3.05, 3.63) is 83.9 Å². The molecule has 154 valence electrons. The number of nitriles is 1. The normalized spacial score (nSPS) is 10.5. The third-order valence-electron chi connectivity index (χ3n) is 4.52. The molecule has 0 unspecified atom stereocenters. The van der Waals surface area contributed by atoms with Gasteiger partial charge in [-0.1, -0.05) is 24.3 Å². The van der Waals surface area contributed by atoms with Crippen molar-refractivity contribution in [1.82, 2.24) is 4.90 Å². The Morgan fingerprint density at radius 1 is 0.900 bits per heavy atom. The Bertz CT molecular complexity index is 961. The molecule has 5 nitrogen and oxygen atoms in total. The van der Waals surface area contributed by atoms with Gasteiger partial charge in [0.1, 0.15) is 11.5 Å². The highest BCUT2D eigenvalue weighted by atomic mass is 16.5. The Kier molecular flexibility index (Phi) is 7.71. The van der Waals surface area contributed by atoms with Crippen LogP contribution in [-0.2, 0) is 6.54 Å². The quantitative estimate of drug-likeness (QED) is 0.468. The number of benzene rings is 3. The zero-order valence-corrected chi connectivity index (χ0v) is 17.5. The van der Waals surface area contributed by atoms with Crippen LogP contribution in [0.3, 0.4) is 0 Å². The molecule has 0 aromatic heterocycles. The van der Waals surface area contributed by atoms with E-state index >= 15 is 0 Å². The van der Waals surface area contributed by atoms with Gasteiger partial charge in [-0.3, -0.25) is 0 Å². The first-order valence-electron chi connectivity index (χ1n) is 10.0. The molecular weight excluding hydrogens is 374 g/mol. The molecule has 30 heavy (non-hydrogen) atoms. The smallest absolute Gasteiger partial charge is 0.150 e. The van der Waals surface area contributed by atoms with Gasteiger partial charge in [-0.2, -0.15) is 5.26 Å². The second-order valence-corrected chi connectivity index (χ2v) is 7.24. The molecule has 0 spiro atoms. The van der Waals surface area contributed by atoms with Gasteiger partial charge >= 0.3 is 0 Å². The number of hydrogen-bond acceptors (Lipinski definition) is 5. The predicted octanol–water partition coefficient (Wildman–Crippen LogP) is 5.29. The summed E-state index contributed by atoms with van der Waals surface area (Å²) < 4.78 is 11.8. The lowest BCUT2D eigenvalue weighted by molar-refractivity contribution is 0.281. The second-order valence-electron chi connectivity index (χ2n) is 7.24. The predicted molar refractivity (Wildman–Crippen MR) is 120 cm³/mol. The first-order valence-corrected chi connectivity index (χ1v) is 10.0. The summed E-state index contributed by atoms with van der Waals surface area (Å²) in [5, 5.41) is 12.4. The van der Waals surface area contributed by atoms with Gasteiger partial charge in [-0.25, -0.2) is 0 Å². The van der Waals surface area contributed by atoms with Crippen LogP contribution < -0.4 is 14.8 Å². The van der Waals surface area contributed by atoms with Crippen molar-refractivity contribution < 1.29 is 9.47 Å². The van der Waals surface area contributed by atoms with Gasteiger partial charge in [-0.05, 0) is 74.6 Å². The average molecular weight is 402 g/mol. The number of para-hydroxylation sites is 2. The largest absolute Gasteiger partial charge is 0.494 e. The topological polar surface area (TPSA) is 57.5 Å². The molecule has 0 radical (unpaired) electrons. The van der Waals surface area contributed by atoms with Crippen molar-refractivity contribution >= 4 is 5.69 Å². The molecule has 1 N–H and O–H groups in total. The molecule has 0 saturated carbocycles. The van der Waals surface area contributed by atoms with Crippen LogP contribution in [0.25, 0.3) is 0 Å². The maximum atomic E-state index is 8.92. The van der Waals surface area contributed by atoms with Crippen molar-refractivity contribution in [1.29, 1.82) is 5.26 Å². The van der Waals surface area contributed by atoms with Crippen LogP contribution in [0.5, 0.6) is 17.2 Å². The first kappa shape index (κ1) is 21.2. The maximum Gasteiger partial charge on any atom is 0.150 e. The molecule has 0 amide bonds. The average Bonchev–Trinajstić information content (AvgIpc) is 2.77. The Labute approximate surface area is 178 Å². The monoisotopic (exact) mass is 401 g/mol. The van der Waals surface area contributed by atoms with E-state index in [0.29, 0.717) is 17.9 Å². The van der Waals surface area contributed by atoms with Gasteiger partial charge in [0.15, 0.2) is 5.75 Å². The molecule has 3 rings (SSSR count). The number of nitrogens with zero attached hydrogens (tertiary/aromatic N) is 2. The fourth-order valence-corrected chi connectivity index (χ4v) is 2.90. The summed E-state index contributed by atoms with van der Waals surface area (Å²) in [4.78, 5) is 2.15. The molecule has 0 aliphatic rings. The number of rotatable bonds is 10. The van der Waals surface area contributed by atoms with E-state index in [-0.39, 0.29) is 0 Å². The van der Waals surface area contributed by atoms with Crippen LogP contribution >= 0.6 is 0 Å². The lowest BCUT2D eigenvalue weighted by Crippen LogP contribution is -2.15. The van der Waals surface area contributed by atoms with Gasteiger partial charge in [0.2, 0.25) is 0 Å². The number of hydrogen-bond donors (Lipinski definition) is 1. The van der Waals surface area contributed by atoms with E-state index in [1.165, 1.54) is 0 Å². The highest BCUT2D eigenvalue weighted by molar-refractivity contribution is 5.57. The van der Waals surface area contributed by atoms with Gasteiger partial charge in [-0.15, -0.1) is 0 Å². The maximum absolute atomic E-state index is 8.92. The number of nitrogens with one attached hydrogen (secondary N) is 1. The molecule has 0 saturated heterocycles. The van der Waals surface area contributed by atoms with Crippen molar-refractivity contribution in [2.24, 2.45) is 0 Å². The first-order chi connectivity index (χ1) is 14.6. The fraction of sp³-hybridized carbons (Fsp3) is 0.240. The molecule has 0 aliphatic carbocycles. The van der Waals surface area contributed by atoms with Gasteiger partial charge in [0.25, 0.3) is 0 Å². The third kappa shape index (κ3) is 6.54. The summed E-state index contributed by atoms with van der Waals surface area (Å²) >= 11 is 0. The van der Waals surface area contributed by atoms with Crippen molar-refractivity contribution in [2.45, 2.75) is 13.0 Å². The van der Waals surface area contributed by atoms with E-state index in [1.807, 2.05) is 36.4 Å². The summed E-state index contributed by atoms with van der Waals surface area (Å²) in [5.41, 5.74) is 2.67. The van der Waals surface area contributed by atoms with Gasteiger partial charge in [0, 0.05) is 13.1 Å². The lowest BCUT2D eigenvalue weighted by atomic mass is 10.2. The molecule has 0 aliphatic heterocycles. The zero-order valence-electron chi connectivity index (χ0n) is 17.5. The Morgan fingerprint density at radius 2 is 1.60 bits per heavy atom. The van der Waals surface area contributed by atoms with E-state index in [0.717, 1.165) is 42.3 Å². The van der Waals surface area contributed by atoms with Crippen LogP contribution in [0.4, 0.5) is 5.69 Å². The summed E-state index contributed by atoms with van der Waals surface area (Å²) in [6.07, 6.45) is 1.01. The van der Waals surface area contributed by atoms with Crippen LogP contribution in [0, 0.1) is 11.3 Å². The minimum atomic E-state index is 0.610. The molecular formula is C25H27N3O2. The molecule has 3 aromatic rings. The van der Waals surface area contributed by atoms with Crippen LogP contribution in [0.2, 0.25) is 0 Å². The van der Waals surface area contributed by atoms with E-state index in [4.69, 9.17) is 14.7 Å². The van der Waals surface area contributed by atoms with Crippen molar-refractivity contribution in [2.75, 3.05) is 32.6 Å². The summed E-state index contributed by atoms with van der Waals surface area (Å²) in [6.45, 7) is 2.41. The van der Waals surface area contributed by atoms with E-state index in [1.54, 1.807) is 24.3 Å². The minimum absolute atomic E-state index is 0.610. The lowest BCUT2D eigenvalue weighted by Gasteiger charge is -2.14. The standard InChI is InChI=1S/C25H27N3O2/c1-28(2)16-5-17-29-22-12-10-21(11-13-22)19-27-24-6-3-4-7-25(24)30-23-14-8-20(18-26)9-15-23/h3-4,6-15,27H,5,16-17,19H2,1-2H3. The van der Waals surface area contributed by atoms with Crippen LogP contribution in [0.1, 0.15) is 17.5 Å². The Balaban J connectivity index is 1.55.